The molecule has 4 aromatic carbocycles. The Morgan fingerprint density at radius 2 is 1.74 bits per heavy atom. The molecule has 6 rings (SSSR count). The van der Waals surface area contributed by atoms with Gasteiger partial charge in [0.2, 0.25) is 11.1 Å². The Labute approximate surface area is 277 Å². The molecule has 0 aliphatic carbocycles. The molecule has 5 aromatic rings. The highest BCUT2D eigenvalue weighted by Gasteiger charge is 2.35. The normalized spacial score (nSPS) is 14.0. The molecule has 0 saturated heterocycles. The van der Waals surface area contributed by atoms with Crippen LogP contribution in [0.5, 0.6) is 11.5 Å². The number of rotatable bonds is 11. The van der Waals surface area contributed by atoms with E-state index in [2.05, 4.69) is 22.8 Å². The van der Waals surface area contributed by atoms with Gasteiger partial charge in [-0.25, -0.2) is 4.68 Å². The van der Waals surface area contributed by atoms with Crippen molar-refractivity contribution in [2.45, 2.75) is 37.2 Å². The quantitative estimate of drug-likeness (QED) is 0.140. The Balaban J connectivity index is 1.33. The molecule has 0 fully saturated rings. The summed E-state index contributed by atoms with van der Waals surface area (Å²) in [6.45, 7) is 4.34. The number of nitrogens with one attached hydrogen (secondary N) is 2. The Kier molecular flexibility index (Phi) is 9.61. The smallest absolute Gasteiger partial charge is 0.255 e. The molecule has 1 aromatic heterocycles. The number of carbonyl (C=O) groups excluding carboxylic acids is 1. The molecule has 2 N–H and O–H groups in total. The maximum Gasteiger partial charge on any atom is 0.255 e. The first-order valence-corrected chi connectivity index (χ1v) is 16.3. The minimum Gasteiger partial charge on any atom is -0.493 e. The number of thioether (sulfide) groups is 1. The first-order chi connectivity index (χ1) is 22.4. The van der Waals surface area contributed by atoms with Crippen LogP contribution in [-0.2, 0) is 17.0 Å². The number of aromatic nitrogens is 3. The van der Waals surface area contributed by atoms with E-state index in [1.165, 1.54) is 17.3 Å². The molecule has 1 aliphatic heterocycles. The molecule has 0 spiro atoms. The number of carbonyl (C=O) groups is 1. The van der Waals surface area contributed by atoms with Crippen molar-refractivity contribution in [1.82, 2.24) is 14.8 Å². The highest BCUT2D eigenvalue weighted by molar-refractivity contribution is 7.98. The van der Waals surface area contributed by atoms with Crippen LogP contribution in [0.4, 0.5) is 11.6 Å². The minimum atomic E-state index is -0.588. The zero-order valence-corrected chi connectivity index (χ0v) is 27.4. The average Bonchev–Trinajstić information content (AvgIpc) is 3.47. The van der Waals surface area contributed by atoms with Gasteiger partial charge in [-0.3, -0.25) is 4.79 Å². The standard InChI is InChI=1S/C36H34ClN5O3S/c1-23-11-7-10-16-29(23)39-34(43)32-24(2)38-35-40-36(46-22-27-14-8-9-15-28(27)37)41-42(35)33(32)26-17-18-30(31(21-26)44-3)45-20-19-25-12-5-4-6-13-25/h4-18,21,33H,19-20,22H2,1-3H3,(H,39,43)(H,38,40,41). The summed E-state index contributed by atoms with van der Waals surface area (Å²) in [5, 5.41) is 12.6. The largest absolute Gasteiger partial charge is 0.493 e. The molecule has 0 bridgehead atoms. The highest BCUT2D eigenvalue weighted by Crippen LogP contribution is 2.40. The molecule has 234 valence electrons. The summed E-state index contributed by atoms with van der Waals surface area (Å²) in [4.78, 5) is 18.8. The van der Waals surface area contributed by atoms with E-state index in [1.807, 2.05) is 98.8 Å². The number of benzene rings is 4. The van der Waals surface area contributed by atoms with Gasteiger partial charge in [0, 0.05) is 28.6 Å². The fraction of sp³-hybridized carbons (Fsp3) is 0.194. The second-order valence-electron chi connectivity index (χ2n) is 10.9. The molecule has 1 unspecified atom stereocenters. The number of methoxy groups -OCH3 is 1. The summed E-state index contributed by atoms with van der Waals surface area (Å²) in [6.07, 6.45) is 0.766. The van der Waals surface area contributed by atoms with E-state index < -0.39 is 6.04 Å². The van der Waals surface area contributed by atoms with Gasteiger partial charge in [-0.15, -0.1) is 5.10 Å². The number of fused-ring (bicyclic) bond motifs is 1. The zero-order chi connectivity index (χ0) is 32.0. The monoisotopic (exact) mass is 651 g/mol. The molecule has 46 heavy (non-hydrogen) atoms. The van der Waals surface area contributed by atoms with Gasteiger partial charge in [-0.2, -0.15) is 4.98 Å². The van der Waals surface area contributed by atoms with Crippen LogP contribution >= 0.6 is 23.4 Å². The molecular weight excluding hydrogens is 618 g/mol. The molecule has 2 heterocycles. The van der Waals surface area contributed by atoms with E-state index in [-0.39, 0.29) is 5.91 Å². The fourth-order valence-electron chi connectivity index (χ4n) is 5.35. The number of amides is 1. The van der Waals surface area contributed by atoms with Crippen molar-refractivity contribution in [2.75, 3.05) is 24.4 Å². The van der Waals surface area contributed by atoms with Gasteiger partial charge < -0.3 is 20.1 Å². The molecule has 8 nitrogen and oxygen atoms in total. The van der Waals surface area contributed by atoms with Crippen LogP contribution in [0.15, 0.2) is 113 Å². The van der Waals surface area contributed by atoms with E-state index in [9.17, 15) is 4.79 Å². The first-order valence-electron chi connectivity index (χ1n) is 14.9. The van der Waals surface area contributed by atoms with Crippen LogP contribution < -0.4 is 20.1 Å². The molecule has 1 aliphatic rings. The Hall–Kier alpha value is -4.73. The summed E-state index contributed by atoms with van der Waals surface area (Å²) in [5.74, 6) is 2.09. The minimum absolute atomic E-state index is 0.238. The van der Waals surface area contributed by atoms with Crippen LogP contribution in [0, 0.1) is 6.92 Å². The number of anilines is 2. The third kappa shape index (κ3) is 6.90. The molecule has 10 heteroatoms. The molecule has 0 radical (unpaired) electrons. The summed E-state index contributed by atoms with van der Waals surface area (Å²) >= 11 is 7.88. The SMILES string of the molecule is COc1cc(C2C(C(=O)Nc3ccccc3C)=C(C)Nc3nc(SCc4ccccc4Cl)nn32)ccc1OCCc1ccccc1. The lowest BCUT2D eigenvalue weighted by molar-refractivity contribution is -0.113. The Bertz CT molecular complexity index is 1890. The van der Waals surface area contributed by atoms with Crippen molar-refractivity contribution in [3.63, 3.8) is 0 Å². The van der Waals surface area contributed by atoms with Crippen LogP contribution in [0.3, 0.4) is 0 Å². The Morgan fingerprint density at radius 1 is 0.978 bits per heavy atom. The van der Waals surface area contributed by atoms with Crippen molar-refractivity contribution >= 4 is 40.9 Å². The average molecular weight is 652 g/mol. The number of hydrogen-bond acceptors (Lipinski definition) is 7. The summed E-state index contributed by atoms with van der Waals surface area (Å²) in [7, 11) is 1.61. The van der Waals surface area contributed by atoms with Crippen molar-refractivity contribution in [3.05, 3.63) is 136 Å². The number of aryl methyl sites for hydroxylation is 1. The number of ether oxygens (including phenoxy) is 2. The summed E-state index contributed by atoms with van der Waals surface area (Å²) in [6, 6.07) is 30.8. The molecule has 1 atom stereocenters. The van der Waals surface area contributed by atoms with Crippen molar-refractivity contribution in [3.8, 4) is 11.5 Å². The van der Waals surface area contributed by atoms with Gasteiger partial charge in [0.25, 0.3) is 5.91 Å². The number of halogens is 1. The third-order valence-corrected chi connectivity index (χ3v) is 9.04. The second-order valence-corrected chi connectivity index (χ2v) is 12.2. The molecule has 0 saturated carbocycles. The third-order valence-electron chi connectivity index (χ3n) is 7.78. The zero-order valence-electron chi connectivity index (χ0n) is 25.8. The van der Waals surface area contributed by atoms with E-state index in [0.717, 1.165) is 28.8 Å². The maximum absolute atomic E-state index is 14.0. The van der Waals surface area contributed by atoms with Crippen LogP contribution in [0.1, 0.15) is 35.2 Å². The molecule has 1 amide bonds. The topological polar surface area (TPSA) is 90.3 Å². The number of nitrogens with zero attached hydrogens (tertiary/aromatic N) is 3. The maximum atomic E-state index is 14.0. The van der Waals surface area contributed by atoms with Crippen molar-refractivity contribution < 1.29 is 14.3 Å². The van der Waals surface area contributed by atoms with Gasteiger partial charge in [0.15, 0.2) is 11.5 Å². The van der Waals surface area contributed by atoms with E-state index in [1.54, 1.807) is 11.8 Å². The predicted molar refractivity (Wildman–Crippen MR) is 184 cm³/mol. The van der Waals surface area contributed by atoms with Gasteiger partial charge in [-0.1, -0.05) is 96.2 Å². The number of hydrogen-bond donors (Lipinski definition) is 2. The van der Waals surface area contributed by atoms with Crippen LogP contribution in [0.25, 0.3) is 0 Å². The predicted octanol–water partition coefficient (Wildman–Crippen LogP) is 8.09. The van der Waals surface area contributed by atoms with Crippen molar-refractivity contribution in [2.24, 2.45) is 0 Å². The van der Waals surface area contributed by atoms with Gasteiger partial charge in [0.05, 0.1) is 19.3 Å². The number of allylic oxidation sites excluding steroid dienone is 1. The molecular formula is C36H34ClN5O3S. The number of para-hydroxylation sites is 1. The van der Waals surface area contributed by atoms with E-state index >= 15 is 0 Å². The Morgan fingerprint density at radius 3 is 2.52 bits per heavy atom. The summed E-state index contributed by atoms with van der Waals surface area (Å²) < 4.78 is 13.7. The van der Waals surface area contributed by atoms with Crippen LogP contribution in [0.2, 0.25) is 5.02 Å². The lowest BCUT2D eigenvalue weighted by Gasteiger charge is -2.29. The van der Waals surface area contributed by atoms with Gasteiger partial charge in [-0.05, 0) is 60.4 Å². The lowest BCUT2D eigenvalue weighted by atomic mass is 9.94. The van der Waals surface area contributed by atoms with Crippen LogP contribution in [-0.4, -0.2) is 34.4 Å². The van der Waals surface area contributed by atoms with E-state index in [0.29, 0.717) is 51.3 Å². The van der Waals surface area contributed by atoms with E-state index in [4.69, 9.17) is 31.2 Å². The first kappa shape index (κ1) is 31.3. The van der Waals surface area contributed by atoms with Crippen molar-refractivity contribution in [1.29, 1.82) is 0 Å². The highest BCUT2D eigenvalue weighted by atomic mass is 35.5. The van der Waals surface area contributed by atoms with Gasteiger partial charge >= 0.3 is 0 Å². The summed E-state index contributed by atoms with van der Waals surface area (Å²) in [5.41, 5.74) is 5.89. The second kappa shape index (κ2) is 14.1. The van der Waals surface area contributed by atoms with Gasteiger partial charge in [0.1, 0.15) is 6.04 Å². The fourth-order valence-corrected chi connectivity index (χ4v) is 6.47. The lowest BCUT2D eigenvalue weighted by Crippen LogP contribution is -2.31.